The lowest BCUT2D eigenvalue weighted by Crippen LogP contribution is -2.21. The quantitative estimate of drug-likeness (QED) is 0.504. The van der Waals surface area contributed by atoms with Gasteiger partial charge in [0.25, 0.3) is 5.69 Å². The molecule has 4 N–H and O–H groups in total. The summed E-state index contributed by atoms with van der Waals surface area (Å²) in [5.74, 6) is -2.71. The van der Waals surface area contributed by atoms with Gasteiger partial charge < -0.3 is 15.9 Å². The van der Waals surface area contributed by atoms with Crippen LogP contribution in [0.4, 0.5) is 5.69 Å². The Bertz CT molecular complexity index is 432. The highest BCUT2D eigenvalue weighted by molar-refractivity contribution is 5.78. The largest absolute Gasteiger partial charge is 0.508 e. The smallest absolute Gasteiger partial charge is 0.312 e. The number of nitrogens with two attached hydrogens (primary N) is 1. The van der Waals surface area contributed by atoms with Crippen LogP contribution in [0.3, 0.4) is 0 Å². The zero-order chi connectivity index (χ0) is 12.3. The number of phenolic OH excluding ortho intramolecular Hbond substituents is 1. The maximum Gasteiger partial charge on any atom is 0.312 e. The van der Waals surface area contributed by atoms with Crippen LogP contribution in [0.5, 0.6) is 5.75 Å². The van der Waals surface area contributed by atoms with E-state index in [1.807, 2.05) is 0 Å². The third kappa shape index (κ3) is 2.26. The Labute approximate surface area is 90.3 Å². The Balaban J connectivity index is 3.25. The van der Waals surface area contributed by atoms with E-state index in [0.29, 0.717) is 0 Å². The zero-order valence-electron chi connectivity index (χ0n) is 8.16. The number of carboxylic acid groups (broad SMARTS) is 1. The number of hydrogen-bond acceptors (Lipinski definition) is 5. The molecule has 0 aromatic heterocycles. The zero-order valence-corrected chi connectivity index (χ0v) is 8.16. The second-order valence-corrected chi connectivity index (χ2v) is 3.13. The lowest BCUT2D eigenvalue weighted by molar-refractivity contribution is -0.384. The highest BCUT2D eigenvalue weighted by Crippen LogP contribution is 2.29. The van der Waals surface area contributed by atoms with Crippen LogP contribution in [0.2, 0.25) is 0 Å². The first kappa shape index (κ1) is 11.9. The number of carboxylic acids is 1. The SMILES string of the molecule is NCC(C(=O)O)c1cc([N+](=O)[O-])ccc1O. The first-order valence-electron chi connectivity index (χ1n) is 4.37. The van der Waals surface area contributed by atoms with Crippen LogP contribution in [-0.2, 0) is 4.79 Å². The van der Waals surface area contributed by atoms with Gasteiger partial charge in [0.2, 0.25) is 0 Å². The van der Waals surface area contributed by atoms with E-state index < -0.39 is 16.8 Å². The van der Waals surface area contributed by atoms with Crippen molar-refractivity contribution in [1.82, 2.24) is 0 Å². The van der Waals surface area contributed by atoms with Gasteiger partial charge in [-0.3, -0.25) is 14.9 Å². The Kier molecular flexibility index (Phi) is 3.41. The number of rotatable bonds is 4. The second kappa shape index (κ2) is 4.58. The van der Waals surface area contributed by atoms with Crippen molar-refractivity contribution >= 4 is 11.7 Å². The van der Waals surface area contributed by atoms with Crippen molar-refractivity contribution in [3.63, 3.8) is 0 Å². The highest BCUT2D eigenvalue weighted by atomic mass is 16.6. The molecule has 0 saturated heterocycles. The summed E-state index contributed by atoms with van der Waals surface area (Å²) in [5, 5.41) is 28.7. The van der Waals surface area contributed by atoms with Gasteiger partial charge in [0, 0.05) is 24.2 Å². The summed E-state index contributed by atoms with van der Waals surface area (Å²) >= 11 is 0. The van der Waals surface area contributed by atoms with E-state index >= 15 is 0 Å². The predicted octanol–water partition coefficient (Wildman–Crippen LogP) is 0.427. The standard InChI is InChI=1S/C9H10N2O5/c10-4-7(9(13)14)6-3-5(11(15)16)1-2-8(6)12/h1-3,7,12H,4,10H2,(H,13,14). The van der Waals surface area contributed by atoms with Crippen LogP contribution < -0.4 is 5.73 Å². The van der Waals surface area contributed by atoms with E-state index in [0.717, 1.165) is 18.2 Å². The molecule has 0 bridgehead atoms. The van der Waals surface area contributed by atoms with E-state index in [2.05, 4.69) is 0 Å². The van der Waals surface area contributed by atoms with Crippen molar-refractivity contribution in [2.75, 3.05) is 6.54 Å². The average molecular weight is 226 g/mol. The average Bonchev–Trinajstić information content (AvgIpc) is 2.20. The number of non-ortho nitro benzene ring substituents is 1. The molecule has 1 aromatic carbocycles. The minimum atomic E-state index is -1.24. The van der Waals surface area contributed by atoms with Gasteiger partial charge in [-0.2, -0.15) is 0 Å². The summed E-state index contributed by atoms with van der Waals surface area (Å²) < 4.78 is 0. The third-order valence-electron chi connectivity index (χ3n) is 2.13. The Morgan fingerprint density at radius 3 is 2.62 bits per heavy atom. The lowest BCUT2D eigenvalue weighted by atomic mass is 9.98. The number of carbonyl (C=O) groups is 1. The van der Waals surface area contributed by atoms with E-state index in [1.165, 1.54) is 0 Å². The number of hydrogen-bond donors (Lipinski definition) is 3. The fraction of sp³-hybridized carbons (Fsp3) is 0.222. The molecule has 0 aliphatic carbocycles. The summed E-state index contributed by atoms with van der Waals surface area (Å²) in [5.41, 5.74) is 4.90. The van der Waals surface area contributed by atoms with Gasteiger partial charge in [0.05, 0.1) is 10.8 Å². The Morgan fingerprint density at radius 1 is 1.56 bits per heavy atom. The molecule has 7 heteroatoms. The van der Waals surface area contributed by atoms with Crippen LogP contribution in [-0.4, -0.2) is 27.7 Å². The molecule has 0 radical (unpaired) electrons. The van der Waals surface area contributed by atoms with Crippen LogP contribution in [0.25, 0.3) is 0 Å². The fourth-order valence-corrected chi connectivity index (χ4v) is 1.30. The van der Waals surface area contributed by atoms with Gasteiger partial charge in [0.15, 0.2) is 0 Å². The minimum Gasteiger partial charge on any atom is -0.508 e. The van der Waals surface area contributed by atoms with Crippen molar-refractivity contribution in [1.29, 1.82) is 0 Å². The van der Waals surface area contributed by atoms with Gasteiger partial charge in [0.1, 0.15) is 5.75 Å². The molecule has 0 fully saturated rings. The van der Waals surface area contributed by atoms with Gasteiger partial charge in [-0.25, -0.2) is 0 Å². The van der Waals surface area contributed by atoms with Crippen molar-refractivity contribution in [3.05, 3.63) is 33.9 Å². The van der Waals surface area contributed by atoms with Crippen LogP contribution >= 0.6 is 0 Å². The number of aliphatic carboxylic acids is 1. The Morgan fingerprint density at radius 2 is 2.19 bits per heavy atom. The number of nitro benzene ring substituents is 1. The maximum absolute atomic E-state index is 10.8. The van der Waals surface area contributed by atoms with Gasteiger partial charge in [-0.1, -0.05) is 0 Å². The summed E-state index contributed by atoms with van der Waals surface area (Å²) in [6.45, 7) is -0.246. The first-order valence-corrected chi connectivity index (χ1v) is 4.37. The van der Waals surface area contributed by atoms with E-state index in [1.54, 1.807) is 0 Å². The van der Waals surface area contributed by atoms with Crippen LogP contribution in [0.1, 0.15) is 11.5 Å². The van der Waals surface area contributed by atoms with Gasteiger partial charge in [-0.15, -0.1) is 0 Å². The monoisotopic (exact) mass is 226 g/mol. The van der Waals surface area contributed by atoms with Crippen LogP contribution in [0, 0.1) is 10.1 Å². The van der Waals surface area contributed by atoms with Crippen molar-refractivity contribution in [3.8, 4) is 5.75 Å². The molecule has 0 saturated carbocycles. The number of nitro groups is 1. The molecular formula is C9H10N2O5. The van der Waals surface area contributed by atoms with Gasteiger partial charge >= 0.3 is 5.97 Å². The van der Waals surface area contributed by atoms with E-state index in [-0.39, 0.29) is 23.5 Å². The molecule has 0 aliphatic rings. The molecular weight excluding hydrogens is 216 g/mol. The van der Waals surface area contributed by atoms with Crippen molar-refractivity contribution < 1.29 is 19.9 Å². The normalized spacial score (nSPS) is 12.1. The van der Waals surface area contributed by atoms with Gasteiger partial charge in [-0.05, 0) is 6.07 Å². The molecule has 0 aliphatic heterocycles. The second-order valence-electron chi connectivity index (χ2n) is 3.13. The summed E-state index contributed by atoms with van der Waals surface area (Å²) in [7, 11) is 0. The van der Waals surface area contributed by atoms with E-state index in [9.17, 15) is 20.0 Å². The topological polar surface area (TPSA) is 127 Å². The Hall–Kier alpha value is -2.15. The third-order valence-corrected chi connectivity index (χ3v) is 2.13. The number of nitrogens with zero attached hydrogens (tertiary/aromatic N) is 1. The fourth-order valence-electron chi connectivity index (χ4n) is 1.30. The van der Waals surface area contributed by atoms with Crippen LogP contribution in [0.15, 0.2) is 18.2 Å². The molecule has 16 heavy (non-hydrogen) atoms. The summed E-state index contributed by atoms with van der Waals surface area (Å²) in [6.07, 6.45) is 0. The number of phenols is 1. The maximum atomic E-state index is 10.8. The minimum absolute atomic E-state index is 0.0517. The van der Waals surface area contributed by atoms with Crippen molar-refractivity contribution in [2.24, 2.45) is 5.73 Å². The van der Waals surface area contributed by atoms with Crippen molar-refractivity contribution in [2.45, 2.75) is 5.92 Å². The summed E-state index contributed by atoms with van der Waals surface area (Å²) in [4.78, 5) is 20.6. The molecule has 86 valence electrons. The molecule has 0 spiro atoms. The lowest BCUT2D eigenvalue weighted by Gasteiger charge is -2.11. The number of benzene rings is 1. The number of aromatic hydroxyl groups is 1. The molecule has 0 heterocycles. The first-order chi connectivity index (χ1) is 7.47. The predicted molar refractivity (Wildman–Crippen MR) is 54.2 cm³/mol. The molecule has 1 atom stereocenters. The van der Waals surface area contributed by atoms with E-state index in [4.69, 9.17) is 10.8 Å². The molecule has 1 rings (SSSR count). The highest BCUT2D eigenvalue weighted by Gasteiger charge is 2.23. The molecule has 0 amide bonds. The molecule has 1 unspecified atom stereocenters. The summed E-state index contributed by atoms with van der Waals surface area (Å²) in [6, 6.07) is 3.19. The molecule has 1 aromatic rings. The molecule has 7 nitrogen and oxygen atoms in total.